The van der Waals surface area contributed by atoms with Crippen LogP contribution in [0.25, 0.3) is 5.57 Å². The van der Waals surface area contributed by atoms with Crippen molar-refractivity contribution in [3.05, 3.63) is 137 Å². The number of rotatable bonds is 11. The molecule has 0 N–H and O–H groups in total. The third-order valence-electron chi connectivity index (χ3n) is 8.43. The van der Waals surface area contributed by atoms with Gasteiger partial charge < -0.3 is 9.64 Å². The molecule has 0 spiro atoms. The van der Waals surface area contributed by atoms with Crippen molar-refractivity contribution in [1.29, 1.82) is 0 Å². The summed E-state index contributed by atoms with van der Waals surface area (Å²) in [5, 5.41) is 0. The SMILES string of the molecule is Cc1ccc(S(=O)(=O)OC(CCCN(C)CCC=C2c3ccccc3COc3ccccc32)c2ccc(C(C)(C)C)cc2)cc1. The van der Waals surface area contributed by atoms with Crippen LogP contribution in [0.1, 0.15) is 79.5 Å². The number of ether oxygens (including phenoxy) is 1. The lowest BCUT2D eigenvalue weighted by Crippen LogP contribution is -2.22. The van der Waals surface area contributed by atoms with Crippen molar-refractivity contribution in [2.24, 2.45) is 0 Å². The maximum Gasteiger partial charge on any atom is 0.297 e. The first-order chi connectivity index (χ1) is 21.5. The molecule has 6 heteroatoms. The topological polar surface area (TPSA) is 55.8 Å². The van der Waals surface area contributed by atoms with Gasteiger partial charge in [0.25, 0.3) is 10.1 Å². The van der Waals surface area contributed by atoms with E-state index in [1.165, 1.54) is 22.3 Å². The molecule has 0 fully saturated rings. The van der Waals surface area contributed by atoms with E-state index in [9.17, 15) is 8.42 Å². The van der Waals surface area contributed by atoms with Crippen LogP contribution in [0, 0.1) is 6.92 Å². The third kappa shape index (κ3) is 8.31. The standard InChI is InChI=1S/C39H45NO4S/c1-29-18-24-33(25-19-29)45(41,42)44-37(30-20-22-32(23-21-30)39(2,3)4)17-11-27-40(5)26-10-15-35-34-13-7-6-12-31(34)28-43-38-16-9-8-14-36(35)38/h6-9,12-16,18-25,37H,10-11,17,26-28H2,1-5H3. The van der Waals surface area contributed by atoms with Crippen molar-refractivity contribution >= 4 is 15.7 Å². The monoisotopic (exact) mass is 623 g/mol. The lowest BCUT2D eigenvalue weighted by atomic mass is 9.86. The van der Waals surface area contributed by atoms with Crippen molar-refractivity contribution < 1.29 is 17.3 Å². The van der Waals surface area contributed by atoms with Gasteiger partial charge in [0.1, 0.15) is 18.5 Å². The Bertz CT molecular complexity index is 1670. The van der Waals surface area contributed by atoms with Gasteiger partial charge in [-0.05, 0) is 91.2 Å². The summed E-state index contributed by atoms with van der Waals surface area (Å²) in [7, 11) is -1.80. The van der Waals surface area contributed by atoms with Crippen molar-refractivity contribution in [2.75, 3.05) is 20.1 Å². The minimum atomic E-state index is -3.92. The van der Waals surface area contributed by atoms with Crippen LogP contribution in [-0.2, 0) is 26.3 Å². The molecule has 0 radical (unpaired) electrons. The number of hydrogen-bond donors (Lipinski definition) is 0. The van der Waals surface area contributed by atoms with Gasteiger partial charge in [0.05, 0.1) is 4.90 Å². The summed E-state index contributed by atoms with van der Waals surface area (Å²) in [6.07, 6.45) is 4.01. The second kappa shape index (κ2) is 14.2. The van der Waals surface area contributed by atoms with Gasteiger partial charge in [-0.25, -0.2) is 0 Å². The van der Waals surface area contributed by atoms with Gasteiger partial charge in [0.15, 0.2) is 0 Å². The van der Waals surface area contributed by atoms with Crippen LogP contribution in [0.15, 0.2) is 108 Å². The molecular formula is C39H45NO4S. The van der Waals surface area contributed by atoms with Crippen LogP contribution in [0.3, 0.4) is 0 Å². The average Bonchev–Trinajstić information content (AvgIpc) is 3.17. The minimum Gasteiger partial charge on any atom is -0.488 e. The first kappa shape index (κ1) is 32.7. The van der Waals surface area contributed by atoms with E-state index in [1.807, 2.05) is 31.2 Å². The highest BCUT2D eigenvalue weighted by molar-refractivity contribution is 7.86. The fourth-order valence-electron chi connectivity index (χ4n) is 5.71. The van der Waals surface area contributed by atoms with Gasteiger partial charge >= 0.3 is 0 Å². The van der Waals surface area contributed by atoms with E-state index in [0.29, 0.717) is 13.0 Å². The Morgan fingerprint density at radius 1 is 0.867 bits per heavy atom. The number of nitrogens with zero attached hydrogens (tertiary/aromatic N) is 1. The Morgan fingerprint density at radius 2 is 1.53 bits per heavy atom. The maximum absolute atomic E-state index is 13.3. The van der Waals surface area contributed by atoms with Gasteiger partial charge in [-0.3, -0.25) is 4.18 Å². The number of para-hydroxylation sites is 1. The van der Waals surface area contributed by atoms with Crippen LogP contribution in [-0.4, -0.2) is 33.5 Å². The Kier molecular flexibility index (Phi) is 10.3. The third-order valence-corrected chi connectivity index (χ3v) is 9.77. The zero-order valence-corrected chi connectivity index (χ0v) is 27.9. The number of hydrogen-bond acceptors (Lipinski definition) is 5. The predicted octanol–water partition coefficient (Wildman–Crippen LogP) is 8.87. The Balaban J connectivity index is 1.26. The fraction of sp³-hybridized carbons (Fsp3) is 0.333. The molecule has 5 nitrogen and oxygen atoms in total. The lowest BCUT2D eigenvalue weighted by molar-refractivity contribution is 0.191. The molecule has 4 aromatic carbocycles. The quantitative estimate of drug-likeness (QED) is 0.156. The smallest absolute Gasteiger partial charge is 0.297 e. The van der Waals surface area contributed by atoms with Gasteiger partial charge in [0, 0.05) is 12.1 Å². The number of fused-ring (bicyclic) bond motifs is 2. The van der Waals surface area contributed by atoms with E-state index < -0.39 is 16.2 Å². The van der Waals surface area contributed by atoms with Crippen molar-refractivity contribution in [1.82, 2.24) is 4.90 Å². The largest absolute Gasteiger partial charge is 0.488 e. The highest BCUT2D eigenvalue weighted by atomic mass is 32.2. The summed E-state index contributed by atoms with van der Waals surface area (Å²) in [5.74, 6) is 0.912. The molecule has 0 aromatic heterocycles. The van der Waals surface area contributed by atoms with E-state index in [-0.39, 0.29) is 10.3 Å². The van der Waals surface area contributed by atoms with Crippen molar-refractivity contribution in [2.45, 2.75) is 70.0 Å². The molecule has 1 unspecified atom stereocenters. The second-order valence-electron chi connectivity index (χ2n) is 13.0. The molecule has 4 aromatic rings. The molecule has 45 heavy (non-hydrogen) atoms. The summed E-state index contributed by atoms with van der Waals surface area (Å²) in [6.45, 7) is 10.7. The number of benzene rings is 4. The second-order valence-corrected chi connectivity index (χ2v) is 14.6. The molecule has 0 amide bonds. The lowest BCUT2D eigenvalue weighted by Gasteiger charge is -2.23. The normalized spacial score (nSPS) is 14.8. The average molecular weight is 624 g/mol. The Hall–Kier alpha value is -3.71. The Morgan fingerprint density at radius 3 is 2.24 bits per heavy atom. The molecule has 0 saturated heterocycles. The van der Waals surface area contributed by atoms with Gasteiger partial charge in [-0.1, -0.05) is 111 Å². The molecule has 1 heterocycles. The highest BCUT2D eigenvalue weighted by Gasteiger charge is 2.24. The molecule has 1 atom stereocenters. The van der Waals surface area contributed by atoms with Crippen molar-refractivity contribution in [3.8, 4) is 5.75 Å². The summed E-state index contributed by atoms with van der Waals surface area (Å²) in [4.78, 5) is 2.48. The van der Waals surface area contributed by atoms with Crippen LogP contribution in [0.2, 0.25) is 0 Å². The summed E-state index contributed by atoms with van der Waals surface area (Å²) in [6, 6.07) is 31.7. The van der Waals surface area contributed by atoms with E-state index in [2.05, 4.69) is 87.3 Å². The molecule has 5 rings (SSSR count). The van der Waals surface area contributed by atoms with E-state index in [4.69, 9.17) is 8.92 Å². The molecule has 1 aliphatic rings. The molecule has 1 aliphatic heterocycles. The Labute approximate surface area is 269 Å². The highest BCUT2D eigenvalue weighted by Crippen LogP contribution is 2.37. The first-order valence-corrected chi connectivity index (χ1v) is 17.2. The molecule has 0 saturated carbocycles. The van der Waals surface area contributed by atoms with Gasteiger partial charge in [-0.2, -0.15) is 8.42 Å². The van der Waals surface area contributed by atoms with Gasteiger partial charge in [-0.15, -0.1) is 0 Å². The first-order valence-electron chi connectivity index (χ1n) is 15.8. The molecular weight excluding hydrogens is 578 g/mol. The van der Waals surface area contributed by atoms with Crippen LogP contribution in [0.4, 0.5) is 0 Å². The number of aryl methyl sites for hydroxylation is 1. The van der Waals surface area contributed by atoms with Crippen LogP contribution in [0.5, 0.6) is 5.75 Å². The minimum absolute atomic E-state index is 0.00874. The van der Waals surface area contributed by atoms with E-state index in [1.54, 1.807) is 24.3 Å². The van der Waals surface area contributed by atoms with E-state index in [0.717, 1.165) is 48.4 Å². The van der Waals surface area contributed by atoms with E-state index >= 15 is 0 Å². The van der Waals surface area contributed by atoms with Crippen LogP contribution >= 0.6 is 0 Å². The summed E-state index contributed by atoms with van der Waals surface area (Å²) < 4.78 is 38.6. The van der Waals surface area contributed by atoms with Crippen LogP contribution < -0.4 is 4.74 Å². The summed E-state index contributed by atoms with van der Waals surface area (Å²) in [5.41, 5.74) is 7.83. The van der Waals surface area contributed by atoms with Crippen molar-refractivity contribution in [3.63, 3.8) is 0 Å². The molecule has 236 valence electrons. The maximum atomic E-state index is 13.3. The molecule has 0 bridgehead atoms. The zero-order valence-electron chi connectivity index (χ0n) is 27.1. The summed E-state index contributed by atoms with van der Waals surface area (Å²) >= 11 is 0. The predicted molar refractivity (Wildman–Crippen MR) is 183 cm³/mol. The van der Waals surface area contributed by atoms with Gasteiger partial charge in [0.2, 0.25) is 0 Å². The fourth-order valence-corrected chi connectivity index (χ4v) is 6.81. The molecule has 0 aliphatic carbocycles. The zero-order chi connectivity index (χ0) is 32.0.